The van der Waals surface area contributed by atoms with Crippen molar-refractivity contribution in [1.82, 2.24) is 9.80 Å². The molecule has 2 saturated heterocycles. The molecule has 0 radical (unpaired) electrons. The summed E-state index contributed by atoms with van der Waals surface area (Å²) in [6.45, 7) is 11.1. The van der Waals surface area contributed by atoms with Crippen LogP contribution in [-0.2, 0) is 11.8 Å². The molecular formula is C21H32N2O. The van der Waals surface area contributed by atoms with Gasteiger partial charge >= 0.3 is 0 Å². The number of nitrogens with zero attached hydrogens (tertiary/aromatic N) is 2. The number of piperidine rings is 2. The molecule has 3 heteroatoms. The Balaban J connectivity index is 1.50. The van der Waals surface area contributed by atoms with Crippen LogP contribution in [0.4, 0.5) is 0 Å². The smallest absolute Gasteiger partial charge is 0.115 e. The van der Waals surface area contributed by atoms with E-state index in [9.17, 15) is 5.11 Å². The maximum absolute atomic E-state index is 9.95. The average Bonchev–Trinajstić information content (AvgIpc) is 2.59. The van der Waals surface area contributed by atoms with E-state index in [1.54, 1.807) is 0 Å². The fourth-order valence-electron chi connectivity index (χ4n) is 5.43. The van der Waals surface area contributed by atoms with E-state index in [1.165, 1.54) is 69.5 Å². The minimum atomic E-state index is 0.221. The highest BCUT2D eigenvalue weighted by Crippen LogP contribution is 2.49. The van der Waals surface area contributed by atoms with Crippen LogP contribution in [0.1, 0.15) is 50.7 Å². The third kappa shape index (κ3) is 2.76. The van der Waals surface area contributed by atoms with Crippen molar-refractivity contribution in [3.05, 3.63) is 29.3 Å². The standard InChI is InChI=1S/C21H32N2O/c1-16-20-14-17-6-7-18(24)15-19(17)21(16,2)8-11-23(20)13-12-22-9-4-3-5-10-22/h6-7,15-16,20,24H,3-5,8-14H2,1-2H3/t16-,20-,21-/m0/s1. The zero-order valence-corrected chi connectivity index (χ0v) is 15.3. The fraction of sp³-hybridized carbons (Fsp3) is 0.714. The number of phenolic OH excluding ortho intramolecular Hbond substituents is 1. The molecule has 0 spiro atoms. The number of benzene rings is 1. The van der Waals surface area contributed by atoms with Gasteiger partial charge in [-0.3, -0.25) is 4.90 Å². The zero-order chi connectivity index (χ0) is 16.7. The van der Waals surface area contributed by atoms with Crippen molar-refractivity contribution < 1.29 is 5.11 Å². The van der Waals surface area contributed by atoms with Gasteiger partial charge in [-0.25, -0.2) is 0 Å². The molecule has 1 aliphatic carbocycles. The highest BCUT2D eigenvalue weighted by molar-refractivity contribution is 5.44. The van der Waals surface area contributed by atoms with Crippen molar-refractivity contribution in [2.45, 2.75) is 57.4 Å². The summed E-state index contributed by atoms with van der Waals surface area (Å²) in [7, 11) is 0. The van der Waals surface area contributed by atoms with Crippen LogP contribution >= 0.6 is 0 Å². The molecular weight excluding hydrogens is 296 g/mol. The van der Waals surface area contributed by atoms with Crippen LogP contribution in [0, 0.1) is 5.92 Å². The van der Waals surface area contributed by atoms with Crippen molar-refractivity contribution in [2.24, 2.45) is 5.92 Å². The molecule has 2 aliphatic heterocycles. The number of hydrogen-bond acceptors (Lipinski definition) is 3. The summed E-state index contributed by atoms with van der Waals surface area (Å²) in [6.07, 6.45) is 6.54. The third-order valence-electron chi connectivity index (χ3n) is 7.26. The summed E-state index contributed by atoms with van der Waals surface area (Å²) in [5.74, 6) is 1.08. The second-order valence-corrected chi connectivity index (χ2v) is 8.51. The SMILES string of the molecule is C[C@H]1[C@@H]2Cc3ccc(O)cc3[C@@]1(C)CCN2CCN1CCCCC1. The van der Waals surface area contributed by atoms with E-state index in [4.69, 9.17) is 0 Å². The van der Waals surface area contributed by atoms with Crippen LogP contribution in [0.15, 0.2) is 18.2 Å². The van der Waals surface area contributed by atoms with Gasteiger partial charge in [-0.1, -0.05) is 26.3 Å². The monoisotopic (exact) mass is 328 g/mol. The molecule has 1 aromatic carbocycles. The number of fused-ring (bicyclic) bond motifs is 4. The third-order valence-corrected chi connectivity index (χ3v) is 7.26. The van der Waals surface area contributed by atoms with Crippen LogP contribution < -0.4 is 0 Å². The summed E-state index contributed by atoms with van der Waals surface area (Å²) in [5, 5.41) is 9.95. The van der Waals surface area contributed by atoms with E-state index in [2.05, 4.69) is 29.7 Å². The van der Waals surface area contributed by atoms with Gasteiger partial charge in [0, 0.05) is 19.1 Å². The van der Waals surface area contributed by atoms with Crippen molar-refractivity contribution in [3.8, 4) is 5.75 Å². The molecule has 0 aromatic heterocycles. The first-order valence-electron chi connectivity index (χ1n) is 9.87. The minimum Gasteiger partial charge on any atom is -0.508 e. The summed E-state index contributed by atoms with van der Waals surface area (Å²) < 4.78 is 0. The van der Waals surface area contributed by atoms with Crippen molar-refractivity contribution >= 4 is 0 Å². The molecule has 3 aliphatic rings. The Bertz CT molecular complexity index is 596. The first-order valence-corrected chi connectivity index (χ1v) is 9.87. The first kappa shape index (κ1) is 16.4. The number of aromatic hydroxyl groups is 1. The Kier molecular flexibility index (Phi) is 4.34. The Morgan fingerprint density at radius 1 is 1.12 bits per heavy atom. The summed E-state index contributed by atoms with van der Waals surface area (Å²) in [4.78, 5) is 5.42. The van der Waals surface area contributed by atoms with Gasteiger partial charge < -0.3 is 10.0 Å². The van der Waals surface area contributed by atoms with E-state index in [0.717, 1.165) is 6.42 Å². The van der Waals surface area contributed by atoms with Crippen LogP contribution in [0.3, 0.4) is 0 Å². The molecule has 3 nitrogen and oxygen atoms in total. The predicted octanol–water partition coefficient (Wildman–Crippen LogP) is 3.40. The molecule has 3 atom stereocenters. The number of rotatable bonds is 3. The number of likely N-dealkylation sites (tertiary alicyclic amines) is 2. The number of hydrogen-bond donors (Lipinski definition) is 1. The van der Waals surface area contributed by atoms with Gasteiger partial charge in [-0.2, -0.15) is 0 Å². The topological polar surface area (TPSA) is 26.7 Å². The van der Waals surface area contributed by atoms with Gasteiger partial charge in [0.2, 0.25) is 0 Å². The molecule has 0 saturated carbocycles. The van der Waals surface area contributed by atoms with E-state index in [-0.39, 0.29) is 5.41 Å². The Hall–Kier alpha value is -1.06. The van der Waals surface area contributed by atoms with Crippen molar-refractivity contribution in [3.63, 3.8) is 0 Å². The van der Waals surface area contributed by atoms with E-state index in [1.807, 2.05) is 12.1 Å². The molecule has 2 heterocycles. The predicted molar refractivity (Wildman–Crippen MR) is 98.6 cm³/mol. The highest BCUT2D eigenvalue weighted by atomic mass is 16.3. The Morgan fingerprint density at radius 2 is 1.92 bits per heavy atom. The van der Waals surface area contributed by atoms with E-state index < -0.39 is 0 Å². The lowest BCUT2D eigenvalue weighted by Crippen LogP contribution is -2.59. The summed E-state index contributed by atoms with van der Waals surface area (Å²) in [6, 6.07) is 6.72. The Morgan fingerprint density at radius 3 is 2.71 bits per heavy atom. The van der Waals surface area contributed by atoms with Gasteiger partial charge in [-0.15, -0.1) is 0 Å². The minimum absolute atomic E-state index is 0.221. The molecule has 0 unspecified atom stereocenters. The molecule has 132 valence electrons. The molecule has 1 N–H and O–H groups in total. The van der Waals surface area contributed by atoms with Crippen LogP contribution in [0.5, 0.6) is 5.75 Å². The maximum atomic E-state index is 9.95. The largest absolute Gasteiger partial charge is 0.508 e. The van der Waals surface area contributed by atoms with Crippen molar-refractivity contribution in [2.75, 3.05) is 32.7 Å². The normalized spacial score (nSPS) is 34.1. The lowest BCUT2D eigenvalue weighted by Gasteiger charge is -2.55. The second kappa shape index (κ2) is 6.34. The Labute approximate surface area is 146 Å². The summed E-state index contributed by atoms with van der Waals surface area (Å²) in [5.41, 5.74) is 3.08. The van der Waals surface area contributed by atoms with Crippen LogP contribution in [-0.4, -0.2) is 53.7 Å². The average molecular weight is 329 g/mol. The van der Waals surface area contributed by atoms with E-state index >= 15 is 0 Å². The molecule has 4 rings (SSSR count). The quantitative estimate of drug-likeness (QED) is 0.921. The molecule has 24 heavy (non-hydrogen) atoms. The maximum Gasteiger partial charge on any atom is 0.115 e. The van der Waals surface area contributed by atoms with Gasteiger partial charge in [0.25, 0.3) is 0 Å². The lowest BCUT2D eigenvalue weighted by molar-refractivity contribution is 0.0238. The van der Waals surface area contributed by atoms with Gasteiger partial charge in [0.15, 0.2) is 0 Å². The fourth-order valence-corrected chi connectivity index (χ4v) is 5.43. The van der Waals surface area contributed by atoms with Gasteiger partial charge in [0.05, 0.1) is 0 Å². The molecule has 2 fully saturated rings. The van der Waals surface area contributed by atoms with Crippen molar-refractivity contribution in [1.29, 1.82) is 0 Å². The summed E-state index contributed by atoms with van der Waals surface area (Å²) >= 11 is 0. The highest BCUT2D eigenvalue weighted by Gasteiger charge is 2.48. The lowest BCUT2D eigenvalue weighted by atomic mass is 9.59. The first-order chi connectivity index (χ1) is 11.6. The number of phenols is 1. The molecule has 0 amide bonds. The van der Waals surface area contributed by atoms with Crippen LogP contribution in [0.25, 0.3) is 0 Å². The molecule has 1 aromatic rings. The van der Waals surface area contributed by atoms with Crippen LogP contribution in [0.2, 0.25) is 0 Å². The second-order valence-electron chi connectivity index (χ2n) is 8.51. The van der Waals surface area contributed by atoms with Gasteiger partial charge in [-0.05, 0) is 79.9 Å². The van der Waals surface area contributed by atoms with E-state index in [0.29, 0.717) is 17.7 Å². The molecule has 2 bridgehead atoms. The zero-order valence-electron chi connectivity index (χ0n) is 15.3. The van der Waals surface area contributed by atoms with Gasteiger partial charge in [0.1, 0.15) is 5.75 Å².